The second-order valence-electron chi connectivity index (χ2n) is 6.18. The lowest BCUT2D eigenvalue weighted by Gasteiger charge is -2.25. The van der Waals surface area contributed by atoms with Crippen LogP contribution in [-0.2, 0) is 4.43 Å². The van der Waals surface area contributed by atoms with Crippen LogP contribution >= 0.6 is 0 Å². The van der Waals surface area contributed by atoms with E-state index in [1.54, 1.807) is 0 Å². The predicted octanol–water partition coefficient (Wildman–Crippen LogP) is 5.74. The summed E-state index contributed by atoms with van der Waals surface area (Å²) in [6, 6.07) is 0. The van der Waals surface area contributed by atoms with E-state index in [0.717, 1.165) is 0 Å². The summed E-state index contributed by atoms with van der Waals surface area (Å²) in [5.41, 5.74) is 0. The van der Waals surface area contributed by atoms with Gasteiger partial charge in [0.15, 0.2) is 0 Å². The van der Waals surface area contributed by atoms with E-state index in [0.29, 0.717) is 5.04 Å². The molecule has 0 rings (SSSR count). The van der Waals surface area contributed by atoms with Crippen LogP contribution in [0.2, 0.25) is 5.04 Å². The maximum absolute atomic E-state index is 6.03. The highest BCUT2D eigenvalue weighted by atomic mass is 28.2. The van der Waals surface area contributed by atoms with Crippen LogP contribution < -0.4 is 0 Å². The Labute approximate surface area is 124 Å². The second-order valence-corrected chi connectivity index (χ2v) is 8.46. The predicted molar refractivity (Wildman–Crippen MR) is 90.3 cm³/mol. The zero-order chi connectivity index (χ0) is 14.6. The maximum Gasteiger partial charge on any atom is 0.224 e. The van der Waals surface area contributed by atoms with Gasteiger partial charge in [-0.25, -0.2) is 0 Å². The molecule has 0 amide bonds. The fourth-order valence-corrected chi connectivity index (χ4v) is 3.13. The third-order valence-electron chi connectivity index (χ3n) is 4.34. The number of unbranched alkanes of at least 4 members (excludes halogenated alkanes) is 6. The first kappa shape index (κ1) is 18.8. The van der Waals surface area contributed by atoms with Gasteiger partial charge < -0.3 is 4.43 Å². The summed E-state index contributed by atoms with van der Waals surface area (Å²) < 4.78 is 6.03. The molecule has 0 saturated heterocycles. The van der Waals surface area contributed by atoms with Gasteiger partial charge in [0.2, 0.25) is 9.76 Å². The second kappa shape index (κ2) is 11.6. The van der Waals surface area contributed by atoms with Gasteiger partial charge in [0.1, 0.15) is 0 Å². The number of hydrogen-bond donors (Lipinski definition) is 0. The van der Waals surface area contributed by atoms with Gasteiger partial charge in [0, 0.05) is 0 Å². The molecule has 2 heteroatoms. The Bertz CT molecular complexity index is 231. The molecule has 0 aliphatic heterocycles. The van der Waals surface area contributed by atoms with Crippen molar-refractivity contribution in [3.8, 4) is 0 Å². The van der Waals surface area contributed by atoms with E-state index in [1.165, 1.54) is 63.5 Å². The number of allylic oxidation sites excluding steroid dienone is 2. The fraction of sp³-hybridized carbons (Fsp3) is 0.882. The van der Waals surface area contributed by atoms with E-state index in [1.807, 2.05) is 0 Å². The van der Waals surface area contributed by atoms with E-state index >= 15 is 0 Å². The molecule has 0 radical (unpaired) electrons. The largest absolute Gasteiger partial charge is 0.552 e. The Hall–Kier alpha value is -0.243. The van der Waals surface area contributed by atoms with Crippen LogP contribution in [0.1, 0.15) is 92.4 Å². The third kappa shape index (κ3) is 10.2. The topological polar surface area (TPSA) is 9.23 Å². The molecular weight excluding hydrogens is 248 g/mol. The summed E-state index contributed by atoms with van der Waals surface area (Å²) in [6.45, 7) is 11.4. The molecule has 0 aromatic heterocycles. The van der Waals surface area contributed by atoms with Crippen molar-refractivity contribution < 1.29 is 4.43 Å². The fourth-order valence-electron chi connectivity index (χ4n) is 2.03. The third-order valence-corrected chi connectivity index (χ3v) is 6.64. The quantitative estimate of drug-likeness (QED) is 0.252. The zero-order valence-electron chi connectivity index (χ0n) is 14.1. The molecule has 0 fully saturated rings. The summed E-state index contributed by atoms with van der Waals surface area (Å²) in [6.07, 6.45) is 14.3. The monoisotopic (exact) mass is 284 g/mol. The standard InChI is InChI=1S/C17H36OSi/c1-6-9-10-11-12-13-14-15-16(4)18-19-17(5,7-2)8-3/h15H,6-14,19H2,1-5H3. The van der Waals surface area contributed by atoms with Crippen molar-refractivity contribution >= 4 is 9.76 Å². The average molecular weight is 285 g/mol. The number of hydrogen-bond acceptors (Lipinski definition) is 1. The minimum Gasteiger partial charge on any atom is -0.552 e. The lowest BCUT2D eigenvalue weighted by Crippen LogP contribution is -2.17. The normalized spacial score (nSPS) is 13.4. The van der Waals surface area contributed by atoms with E-state index < -0.39 is 9.76 Å². The summed E-state index contributed by atoms with van der Waals surface area (Å²) in [5, 5.41) is 0.481. The summed E-state index contributed by atoms with van der Waals surface area (Å²) in [7, 11) is -0.438. The van der Waals surface area contributed by atoms with Crippen molar-refractivity contribution in [2.45, 2.75) is 97.4 Å². The highest BCUT2D eigenvalue weighted by Crippen LogP contribution is 2.32. The molecule has 19 heavy (non-hydrogen) atoms. The lowest BCUT2D eigenvalue weighted by atomic mass is 10.1. The van der Waals surface area contributed by atoms with Gasteiger partial charge in [-0.2, -0.15) is 0 Å². The van der Waals surface area contributed by atoms with Crippen LogP contribution in [0.3, 0.4) is 0 Å². The first-order valence-corrected chi connectivity index (χ1v) is 9.66. The Balaban J connectivity index is 3.65. The Morgan fingerprint density at radius 3 is 2.16 bits per heavy atom. The van der Waals surface area contributed by atoms with Crippen LogP contribution in [-0.4, -0.2) is 9.76 Å². The molecule has 1 nitrogen and oxygen atoms in total. The molecule has 114 valence electrons. The first-order chi connectivity index (χ1) is 9.08. The molecule has 0 heterocycles. The SMILES string of the molecule is CCCCCCCCC=C(C)O[SiH2]C(C)(CC)CC. The Morgan fingerprint density at radius 1 is 1.00 bits per heavy atom. The zero-order valence-corrected chi connectivity index (χ0v) is 15.5. The maximum atomic E-state index is 6.03. The van der Waals surface area contributed by atoms with Crippen molar-refractivity contribution in [2.24, 2.45) is 0 Å². The van der Waals surface area contributed by atoms with Crippen LogP contribution in [0.5, 0.6) is 0 Å². The van der Waals surface area contributed by atoms with Gasteiger partial charge in [0.25, 0.3) is 0 Å². The first-order valence-electron chi connectivity index (χ1n) is 8.37. The molecule has 0 aromatic carbocycles. The van der Waals surface area contributed by atoms with Gasteiger partial charge in [0.05, 0.1) is 5.76 Å². The van der Waals surface area contributed by atoms with Crippen molar-refractivity contribution in [1.29, 1.82) is 0 Å². The van der Waals surface area contributed by atoms with Crippen molar-refractivity contribution in [2.75, 3.05) is 0 Å². The van der Waals surface area contributed by atoms with Crippen LogP contribution in [0.25, 0.3) is 0 Å². The molecule has 0 spiro atoms. The summed E-state index contributed by atoms with van der Waals surface area (Å²) in [4.78, 5) is 0. The molecule has 0 atom stereocenters. The highest BCUT2D eigenvalue weighted by molar-refractivity contribution is 6.32. The van der Waals surface area contributed by atoms with Gasteiger partial charge in [-0.05, 0) is 30.9 Å². The van der Waals surface area contributed by atoms with Gasteiger partial charge >= 0.3 is 0 Å². The highest BCUT2D eigenvalue weighted by Gasteiger charge is 2.21. The van der Waals surface area contributed by atoms with Gasteiger partial charge in [-0.15, -0.1) is 0 Å². The minimum atomic E-state index is -0.438. The molecule has 0 N–H and O–H groups in total. The van der Waals surface area contributed by atoms with Crippen molar-refractivity contribution in [3.05, 3.63) is 11.8 Å². The molecule has 0 aliphatic carbocycles. The molecule has 0 saturated carbocycles. The number of rotatable bonds is 12. The molecule has 0 aromatic rings. The van der Waals surface area contributed by atoms with E-state index in [9.17, 15) is 0 Å². The van der Waals surface area contributed by atoms with Gasteiger partial charge in [-0.1, -0.05) is 72.6 Å². The van der Waals surface area contributed by atoms with E-state index in [-0.39, 0.29) is 0 Å². The molecule has 0 unspecified atom stereocenters. The summed E-state index contributed by atoms with van der Waals surface area (Å²) >= 11 is 0. The lowest BCUT2D eigenvalue weighted by molar-refractivity contribution is 0.401. The smallest absolute Gasteiger partial charge is 0.224 e. The Kier molecular flexibility index (Phi) is 11.4. The van der Waals surface area contributed by atoms with Gasteiger partial charge in [-0.3, -0.25) is 0 Å². The molecular formula is C17H36OSi. The average Bonchev–Trinajstić information content (AvgIpc) is 2.44. The summed E-state index contributed by atoms with van der Waals surface area (Å²) in [5.74, 6) is 1.17. The minimum absolute atomic E-state index is 0.438. The molecule has 0 bridgehead atoms. The van der Waals surface area contributed by atoms with Crippen LogP contribution in [0, 0.1) is 0 Å². The van der Waals surface area contributed by atoms with Crippen LogP contribution in [0.15, 0.2) is 11.8 Å². The Morgan fingerprint density at radius 2 is 1.58 bits per heavy atom. The van der Waals surface area contributed by atoms with E-state index in [4.69, 9.17) is 4.43 Å². The van der Waals surface area contributed by atoms with Crippen molar-refractivity contribution in [3.63, 3.8) is 0 Å². The van der Waals surface area contributed by atoms with Crippen LogP contribution in [0.4, 0.5) is 0 Å². The molecule has 0 aliphatic rings. The van der Waals surface area contributed by atoms with E-state index in [2.05, 4.69) is 40.7 Å². The van der Waals surface area contributed by atoms with Crippen molar-refractivity contribution in [1.82, 2.24) is 0 Å².